The zero-order valence-electron chi connectivity index (χ0n) is 16.4. The average molecular weight is 367 g/mol. The maximum absolute atomic E-state index is 12.4. The second kappa shape index (κ2) is 7.80. The Balaban J connectivity index is 2.26. The molecule has 3 rings (SSSR count). The summed E-state index contributed by atoms with van der Waals surface area (Å²) in [5, 5.41) is 1.45. The van der Waals surface area contributed by atoms with Gasteiger partial charge in [0.05, 0.1) is 25.2 Å². The first-order valence-electron chi connectivity index (χ1n) is 8.87. The van der Waals surface area contributed by atoms with Crippen molar-refractivity contribution in [3.05, 3.63) is 52.7 Å². The van der Waals surface area contributed by atoms with Crippen molar-refractivity contribution in [3.63, 3.8) is 0 Å². The summed E-state index contributed by atoms with van der Waals surface area (Å²) in [6.07, 6.45) is 5.15. The molecule has 0 spiro atoms. The standard InChI is InChI=1S/C21H25N3O3/c1-6-23(2)12-18-19(26-4)9-14(10-20(18)27-5)17-13-24(3)21(25)16-11-22-8-7-15(16)17/h7-11,13H,6,12H2,1-5H3. The van der Waals surface area contributed by atoms with E-state index in [2.05, 4.69) is 23.9 Å². The highest BCUT2D eigenvalue weighted by Gasteiger charge is 2.17. The quantitative estimate of drug-likeness (QED) is 0.670. The molecule has 0 unspecified atom stereocenters. The minimum atomic E-state index is -0.0676. The van der Waals surface area contributed by atoms with E-state index in [0.717, 1.165) is 46.7 Å². The maximum Gasteiger partial charge on any atom is 0.259 e. The van der Waals surface area contributed by atoms with Crippen molar-refractivity contribution in [1.29, 1.82) is 0 Å². The summed E-state index contributed by atoms with van der Waals surface area (Å²) in [4.78, 5) is 18.7. The highest BCUT2D eigenvalue weighted by atomic mass is 16.5. The average Bonchev–Trinajstić information content (AvgIpc) is 2.70. The summed E-state index contributed by atoms with van der Waals surface area (Å²) in [7, 11) is 7.13. The molecular weight excluding hydrogens is 342 g/mol. The Kier molecular flexibility index (Phi) is 5.46. The van der Waals surface area contributed by atoms with E-state index in [1.54, 1.807) is 38.2 Å². The number of hydrogen-bond donors (Lipinski definition) is 0. The third-order valence-corrected chi connectivity index (χ3v) is 4.87. The number of ether oxygens (including phenoxy) is 2. The van der Waals surface area contributed by atoms with E-state index in [9.17, 15) is 4.79 Å². The number of methoxy groups -OCH3 is 2. The molecule has 3 aromatic rings. The van der Waals surface area contributed by atoms with E-state index in [4.69, 9.17) is 9.47 Å². The molecule has 0 aliphatic heterocycles. The van der Waals surface area contributed by atoms with E-state index in [0.29, 0.717) is 5.39 Å². The fourth-order valence-electron chi connectivity index (χ4n) is 3.22. The van der Waals surface area contributed by atoms with E-state index < -0.39 is 0 Å². The number of pyridine rings is 2. The molecule has 6 heteroatoms. The van der Waals surface area contributed by atoms with Crippen LogP contribution in [0.4, 0.5) is 0 Å². The van der Waals surface area contributed by atoms with Crippen molar-refractivity contribution in [1.82, 2.24) is 14.5 Å². The molecule has 0 radical (unpaired) electrons. The Labute approximate surface area is 159 Å². The molecule has 6 nitrogen and oxygen atoms in total. The molecule has 0 aliphatic rings. The molecule has 0 fully saturated rings. The predicted octanol–water partition coefficient (Wildman–Crippen LogP) is 3.07. The van der Waals surface area contributed by atoms with Gasteiger partial charge in [0.2, 0.25) is 0 Å². The van der Waals surface area contributed by atoms with Crippen LogP contribution in [-0.2, 0) is 13.6 Å². The van der Waals surface area contributed by atoms with Crippen LogP contribution in [0.1, 0.15) is 12.5 Å². The summed E-state index contributed by atoms with van der Waals surface area (Å²) in [6.45, 7) is 3.76. The molecule has 0 aliphatic carbocycles. The maximum atomic E-state index is 12.4. The Hall–Kier alpha value is -2.86. The lowest BCUT2D eigenvalue weighted by molar-refractivity contribution is 0.319. The van der Waals surface area contributed by atoms with Gasteiger partial charge in [-0.25, -0.2) is 0 Å². The molecule has 1 aromatic carbocycles. The molecule has 0 saturated carbocycles. The third-order valence-electron chi connectivity index (χ3n) is 4.87. The molecule has 0 bridgehead atoms. The zero-order valence-corrected chi connectivity index (χ0v) is 16.4. The highest BCUT2D eigenvalue weighted by Crippen LogP contribution is 2.37. The van der Waals surface area contributed by atoms with Crippen LogP contribution in [0.5, 0.6) is 11.5 Å². The number of nitrogens with zero attached hydrogens (tertiary/aromatic N) is 3. The zero-order chi connectivity index (χ0) is 19.6. The monoisotopic (exact) mass is 367 g/mol. The summed E-state index contributed by atoms with van der Waals surface area (Å²) in [5.41, 5.74) is 2.80. The van der Waals surface area contributed by atoms with Gasteiger partial charge < -0.3 is 18.9 Å². The van der Waals surface area contributed by atoms with Gasteiger partial charge in [-0.1, -0.05) is 6.92 Å². The second-order valence-electron chi connectivity index (χ2n) is 6.57. The molecule has 2 heterocycles. The first kappa shape index (κ1) is 18.9. The lowest BCUT2D eigenvalue weighted by atomic mass is 9.99. The van der Waals surface area contributed by atoms with Crippen LogP contribution in [0.2, 0.25) is 0 Å². The fraction of sp³-hybridized carbons (Fsp3) is 0.333. The van der Waals surface area contributed by atoms with Gasteiger partial charge in [-0.3, -0.25) is 9.78 Å². The van der Waals surface area contributed by atoms with Crippen LogP contribution in [-0.4, -0.2) is 42.3 Å². The van der Waals surface area contributed by atoms with Gasteiger partial charge >= 0.3 is 0 Å². The molecule has 2 aromatic heterocycles. The third kappa shape index (κ3) is 3.53. The fourth-order valence-corrected chi connectivity index (χ4v) is 3.22. The van der Waals surface area contributed by atoms with Crippen LogP contribution in [0.15, 0.2) is 41.6 Å². The number of fused-ring (bicyclic) bond motifs is 1. The van der Waals surface area contributed by atoms with Gasteiger partial charge in [-0.2, -0.15) is 0 Å². The van der Waals surface area contributed by atoms with Crippen molar-refractivity contribution >= 4 is 10.8 Å². The van der Waals surface area contributed by atoms with Gasteiger partial charge in [0.15, 0.2) is 0 Å². The van der Waals surface area contributed by atoms with Crippen LogP contribution in [0.25, 0.3) is 21.9 Å². The molecule has 0 saturated heterocycles. The van der Waals surface area contributed by atoms with E-state index in [1.165, 1.54) is 0 Å². The summed E-state index contributed by atoms with van der Waals surface area (Å²) in [5.74, 6) is 1.53. The smallest absolute Gasteiger partial charge is 0.259 e. The van der Waals surface area contributed by atoms with Crippen molar-refractivity contribution in [2.45, 2.75) is 13.5 Å². The number of rotatable bonds is 6. The minimum absolute atomic E-state index is 0.0676. The molecule has 142 valence electrons. The Bertz CT molecular complexity index is 1000. The Morgan fingerprint density at radius 3 is 2.41 bits per heavy atom. The number of hydrogen-bond acceptors (Lipinski definition) is 5. The second-order valence-corrected chi connectivity index (χ2v) is 6.57. The Morgan fingerprint density at radius 1 is 1.15 bits per heavy atom. The van der Waals surface area contributed by atoms with Gasteiger partial charge in [0.25, 0.3) is 5.56 Å². The van der Waals surface area contributed by atoms with Gasteiger partial charge in [0, 0.05) is 37.7 Å². The normalized spacial score (nSPS) is 11.2. The van der Waals surface area contributed by atoms with Gasteiger partial charge in [0.1, 0.15) is 11.5 Å². The Morgan fingerprint density at radius 2 is 1.81 bits per heavy atom. The summed E-state index contributed by atoms with van der Waals surface area (Å²) < 4.78 is 12.9. The molecular formula is C21H25N3O3. The summed E-state index contributed by atoms with van der Waals surface area (Å²) in [6, 6.07) is 5.87. The van der Waals surface area contributed by atoms with Crippen molar-refractivity contribution in [3.8, 4) is 22.6 Å². The topological polar surface area (TPSA) is 56.6 Å². The molecule has 0 atom stereocenters. The number of aromatic nitrogens is 2. The largest absolute Gasteiger partial charge is 0.496 e. The van der Waals surface area contributed by atoms with E-state index >= 15 is 0 Å². The van der Waals surface area contributed by atoms with Gasteiger partial charge in [-0.05, 0) is 42.7 Å². The first-order chi connectivity index (χ1) is 13.0. The lowest BCUT2D eigenvalue weighted by Crippen LogP contribution is -2.18. The summed E-state index contributed by atoms with van der Waals surface area (Å²) >= 11 is 0. The van der Waals surface area contributed by atoms with Crippen molar-refractivity contribution < 1.29 is 9.47 Å². The SMILES string of the molecule is CCN(C)Cc1c(OC)cc(-c2cn(C)c(=O)c3cnccc23)cc1OC. The van der Waals surface area contributed by atoms with Crippen molar-refractivity contribution in [2.75, 3.05) is 27.8 Å². The molecule has 0 amide bonds. The van der Waals surface area contributed by atoms with Crippen LogP contribution in [0.3, 0.4) is 0 Å². The molecule has 27 heavy (non-hydrogen) atoms. The minimum Gasteiger partial charge on any atom is -0.496 e. The predicted molar refractivity (Wildman–Crippen MR) is 108 cm³/mol. The van der Waals surface area contributed by atoms with E-state index in [-0.39, 0.29) is 5.56 Å². The lowest BCUT2D eigenvalue weighted by Gasteiger charge is -2.20. The van der Waals surface area contributed by atoms with E-state index in [1.807, 2.05) is 24.4 Å². The van der Waals surface area contributed by atoms with Crippen LogP contribution >= 0.6 is 0 Å². The van der Waals surface area contributed by atoms with Gasteiger partial charge in [-0.15, -0.1) is 0 Å². The van der Waals surface area contributed by atoms with Crippen molar-refractivity contribution in [2.24, 2.45) is 7.05 Å². The number of benzene rings is 1. The van der Waals surface area contributed by atoms with Crippen LogP contribution in [0, 0.1) is 0 Å². The van der Waals surface area contributed by atoms with Crippen LogP contribution < -0.4 is 15.0 Å². The number of aryl methyl sites for hydroxylation is 1. The first-order valence-corrected chi connectivity index (χ1v) is 8.87. The molecule has 0 N–H and O–H groups in total. The highest BCUT2D eigenvalue weighted by molar-refractivity contribution is 5.95.